The molecule has 0 bridgehead atoms. The molecule has 0 aromatic heterocycles. The van der Waals surface area contributed by atoms with Crippen molar-refractivity contribution >= 4 is 0 Å². The van der Waals surface area contributed by atoms with Crippen LogP contribution in [-0.4, -0.2) is 0 Å². The summed E-state index contributed by atoms with van der Waals surface area (Å²) in [5, 5.41) is 0. The number of hydrogen-bond donors (Lipinski definition) is 0. The average molecular weight is 401 g/mol. The van der Waals surface area contributed by atoms with Gasteiger partial charge in [-0.1, -0.05) is 99.3 Å². The third kappa shape index (κ3) is 7.68. The van der Waals surface area contributed by atoms with Gasteiger partial charge in [0.05, 0.1) is 0 Å². The van der Waals surface area contributed by atoms with E-state index in [4.69, 9.17) is 0 Å². The van der Waals surface area contributed by atoms with Crippen molar-refractivity contribution in [1.82, 2.24) is 0 Å². The van der Waals surface area contributed by atoms with Gasteiger partial charge in [0, 0.05) is 11.5 Å². The maximum Gasteiger partial charge on any atom is 0.0245 e. The number of rotatable bonds is 9. The molecule has 1 fully saturated rings. The first kappa shape index (κ1) is 22.7. The van der Waals surface area contributed by atoms with Crippen molar-refractivity contribution < 1.29 is 0 Å². The van der Waals surface area contributed by atoms with Crippen LogP contribution in [0, 0.1) is 24.7 Å². The zero-order valence-electron chi connectivity index (χ0n) is 19.3. The van der Waals surface area contributed by atoms with Crippen LogP contribution in [0.2, 0.25) is 0 Å². The van der Waals surface area contributed by atoms with Crippen LogP contribution in [0.5, 0.6) is 0 Å². The van der Waals surface area contributed by atoms with Crippen LogP contribution in [0.1, 0.15) is 106 Å². The summed E-state index contributed by atoms with van der Waals surface area (Å²) in [6.07, 6.45) is 16.0. The van der Waals surface area contributed by atoms with Crippen molar-refractivity contribution in [3.05, 3.63) is 70.8 Å². The molecule has 0 amide bonds. The summed E-state index contributed by atoms with van der Waals surface area (Å²) in [5.41, 5.74) is 5.52. The van der Waals surface area contributed by atoms with Crippen LogP contribution >= 0.6 is 0 Å². The summed E-state index contributed by atoms with van der Waals surface area (Å²) >= 11 is 0. The number of unbranched alkanes of at least 4 members (excludes halogenated alkanes) is 6. The summed E-state index contributed by atoms with van der Waals surface area (Å²) in [6, 6.07) is 18.2. The van der Waals surface area contributed by atoms with Crippen LogP contribution in [-0.2, 0) is 6.42 Å². The molecule has 0 spiro atoms. The Morgan fingerprint density at radius 2 is 1.37 bits per heavy atom. The van der Waals surface area contributed by atoms with E-state index in [1.54, 1.807) is 5.56 Å². The highest BCUT2D eigenvalue weighted by molar-refractivity contribution is 5.36. The molecule has 0 heterocycles. The predicted molar refractivity (Wildman–Crippen MR) is 131 cm³/mol. The van der Waals surface area contributed by atoms with Crippen LogP contribution in [0.3, 0.4) is 0 Å². The lowest BCUT2D eigenvalue weighted by Gasteiger charge is -2.26. The van der Waals surface area contributed by atoms with E-state index < -0.39 is 0 Å². The molecule has 0 nitrogen and oxygen atoms in total. The summed E-state index contributed by atoms with van der Waals surface area (Å²) in [7, 11) is 0. The van der Waals surface area contributed by atoms with Gasteiger partial charge < -0.3 is 0 Å². The van der Waals surface area contributed by atoms with Crippen molar-refractivity contribution in [2.24, 2.45) is 5.92 Å². The van der Waals surface area contributed by atoms with Crippen molar-refractivity contribution in [3.63, 3.8) is 0 Å². The van der Waals surface area contributed by atoms with Crippen LogP contribution in [0.25, 0.3) is 0 Å². The van der Waals surface area contributed by atoms with Gasteiger partial charge in [-0.25, -0.2) is 0 Å². The Labute approximate surface area is 185 Å². The second-order valence-corrected chi connectivity index (χ2v) is 9.30. The van der Waals surface area contributed by atoms with E-state index >= 15 is 0 Å². The lowest BCUT2D eigenvalue weighted by molar-refractivity contribution is 0.384. The predicted octanol–water partition coefficient (Wildman–Crippen LogP) is 8.61. The van der Waals surface area contributed by atoms with Gasteiger partial charge in [0.15, 0.2) is 0 Å². The lowest BCUT2D eigenvalue weighted by atomic mass is 9.78. The molecule has 0 radical (unpaired) electrons. The summed E-state index contributed by atoms with van der Waals surface area (Å²) in [5.74, 6) is 8.23. The van der Waals surface area contributed by atoms with E-state index in [2.05, 4.69) is 74.2 Å². The van der Waals surface area contributed by atoms with Crippen molar-refractivity contribution in [2.75, 3.05) is 0 Å². The van der Waals surface area contributed by atoms with E-state index in [0.717, 1.165) is 11.5 Å². The highest BCUT2D eigenvalue weighted by Crippen LogP contribution is 2.35. The fraction of sp³-hybridized carbons (Fsp3) is 0.533. The number of benzene rings is 2. The second kappa shape index (κ2) is 12.6. The molecule has 0 aliphatic heterocycles. The molecule has 2 aromatic carbocycles. The molecule has 1 aliphatic carbocycles. The van der Waals surface area contributed by atoms with Gasteiger partial charge in [0.2, 0.25) is 0 Å². The minimum absolute atomic E-state index is 0.569. The first-order chi connectivity index (χ1) is 14.7. The van der Waals surface area contributed by atoms with Gasteiger partial charge in [-0.2, -0.15) is 0 Å². The average Bonchev–Trinajstić information content (AvgIpc) is 2.79. The first-order valence-electron chi connectivity index (χ1n) is 12.4. The third-order valence-electron chi connectivity index (χ3n) is 6.72. The molecule has 1 saturated carbocycles. The SMILES string of the molecule is CCCCCCCCCc1ccc(C2CCC(C#Cc3ccc(C)cc3)CC2)cc1. The molecule has 0 atom stereocenters. The van der Waals surface area contributed by atoms with E-state index in [1.165, 1.54) is 88.2 Å². The molecule has 2 aromatic rings. The lowest BCUT2D eigenvalue weighted by Crippen LogP contribution is -2.12. The maximum atomic E-state index is 3.53. The second-order valence-electron chi connectivity index (χ2n) is 9.30. The third-order valence-corrected chi connectivity index (χ3v) is 6.72. The molecule has 30 heavy (non-hydrogen) atoms. The Kier molecular flexibility index (Phi) is 9.56. The van der Waals surface area contributed by atoms with Crippen molar-refractivity contribution in [1.29, 1.82) is 0 Å². The molecule has 0 saturated heterocycles. The minimum Gasteiger partial charge on any atom is -0.0945 e. The Balaban J connectivity index is 1.38. The largest absolute Gasteiger partial charge is 0.0945 e. The zero-order valence-corrected chi connectivity index (χ0v) is 19.3. The monoisotopic (exact) mass is 400 g/mol. The maximum absolute atomic E-state index is 3.53. The minimum atomic E-state index is 0.569. The zero-order chi connectivity index (χ0) is 21.0. The highest BCUT2D eigenvalue weighted by atomic mass is 14.2. The first-order valence-corrected chi connectivity index (χ1v) is 12.4. The Bertz CT molecular complexity index is 777. The molecule has 3 rings (SSSR count). The number of aryl methyl sites for hydroxylation is 2. The summed E-state index contributed by atoms with van der Waals surface area (Å²) in [6.45, 7) is 4.41. The van der Waals surface area contributed by atoms with E-state index in [-0.39, 0.29) is 0 Å². The van der Waals surface area contributed by atoms with E-state index in [1.807, 2.05) is 0 Å². The normalized spacial score (nSPS) is 18.6. The topological polar surface area (TPSA) is 0 Å². The smallest absolute Gasteiger partial charge is 0.0245 e. The molecular formula is C30H40. The highest BCUT2D eigenvalue weighted by Gasteiger charge is 2.21. The fourth-order valence-corrected chi connectivity index (χ4v) is 4.64. The standard InChI is InChI=1S/C30H40/c1-3-4-5-6-7-8-9-10-26-17-21-29(22-18-26)30-23-19-28(20-24-30)16-15-27-13-11-25(2)12-14-27/h11-14,17-18,21-22,28,30H,3-10,19-20,23-24H2,1-2H3. The van der Waals surface area contributed by atoms with Gasteiger partial charge in [0.1, 0.15) is 0 Å². The van der Waals surface area contributed by atoms with E-state index in [9.17, 15) is 0 Å². The molecule has 0 N–H and O–H groups in total. The van der Waals surface area contributed by atoms with Crippen LogP contribution in [0.4, 0.5) is 0 Å². The van der Waals surface area contributed by atoms with Gasteiger partial charge in [-0.05, 0) is 74.6 Å². The molecule has 1 aliphatic rings. The number of hydrogen-bond acceptors (Lipinski definition) is 0. The quantitative estimate of drug-likeness (QED) is 0.292. The van der Waals surface area contributed by atoms with Gasteiger partial charge >= 0.3 is 0 Å². The van der Waals surface area contributed by atoms with Gasteiger partial charge in [0.25, 0.3) is 0 Å². The van der Waals surface area contributed by atoms with Gasteiger partial charge in [-0.3, -0.25) is 0 Å². The van der Waals surface area contributed by atoms with Crippen molar-refractivity contribution in [2.45, 2.75) is 96.8 Å². The fourth-order valence-electron chi connectivity index (χ4n) is 4.64. The molecular weight excluding hydrogens is 360 g/mol. The summed E-state index contributed by atoms with van der Waals surface area (Å²) in [4.78, 5) is 0. The van der Waals surface area contributed by atoms with Gasteiger partial charge in [-0.15, -0.1) is 0 Å². The summed E-state index contributed by atoms with van der Waals surface area (Å²) < 4.78 is 0. The molecule has 0 heteroatoms. The van der Waals surface area contributed by atoms with Crippen LogP contribution < -0.4 is 0 Å². The van der Waals surface area contributed by atoms with Crippen LogP contribution in [0.15, 0.2) is 48.5 Å². The molecule has 0 unspecified atom stereocenters. The Hall–Kier alpha value is -2.00. The van der Waals surface area contributed by atoms with E-state index in [0.29, 0.717) is 5.92 Å². The molecule has 160 valence electrons. The van der Waals surface area contributed by atoms with Crippen molar-refractivity contribution in [3.8, 4) is 11.8 Å². The Morgan fingerprint density at radius 1 is 0.733 bits per heavy atom. The Morgan fingerprint density at radius 3 is 2.03 bits per heavy atom.